The Hall–Kier alpha value is -1.06. The summed E-state index contributed by atoms with van der Waals surface area (Å²) in [6.45, 7) is 5.93. The molecule has 0 atom stereocenters. The molecular weight excluding hydrogens is 433 g/mol. The minimum absolute atomic E-state index is 0. The minimum Gasteiger partial charge on any atom is -0.357 e. The van der Waals surface area contributed by atoms with Crippen molar-refractivity contribution in [3.63, 3.8) is 0 Å². The van der Waals surface area contributed by atoms with Gasteiger partial charge in [0, 0.05) is 19.6 Å². The lowest BCUT2D eigenvalue weighted by atomic mass is 9.73. The van der Waals surface area contributed by atoms with Crippen LogP contribution in [-0.4, -0.2) is 67.0 Å². The van der Waals surface area contributed by atoms with E-state index in [1.165, 1.54) is 43.4 Å². The smallest absolute Gasteiger partial charge is 0.324 e. The molecule has 3 aliphatic rings. The first kappa shape index (κ1) is 20.3. The van der Waals surface area contributed by atoms with E-state index in [9.17, 15) is 9.59 Å². The van der Waals surface area contributed by atoms with E-state index in [4.69, 9.17) is 0 Å². The van der Waals surface area contributed by atoms with Crippen LogP contribution in [-0.2, 0) is 4.79 Å². The maximum Gasteiger partial charge on any atom is 0.324 e. The second kappa shape index (κ2) is 9.05. The minimum atomic E-state index is -0.303. The van der Waals surface area contributed by atoms with Crippen molar-refractivity contribution in [1.29, 1.82) is 0 Å². The highest BCUT2D eigenvalue weighted by Crippen LogP contribution is 2.43. The number of hydrogen-bond donors (Lipinski definition) is 2. The molecule has 2 heterocycles. The summed E-state index contributed by atoms with van der Waals surface area (Å²) >= 11 is 0. The zero-order valence-electron chi connectivity index (χ0n) is 15.1. The Labute approximate surface area is 167 Å². The molecule has 0 aromatic rings. The van der Waals surface area contributed by atoms with Gasteiger partial charge in [-0.3, -0.25) is 14.7 Å². The van der Waals surface area contributed by atoms with Crippen molar-refractivity contribution in [3.05, 3.63) is 0 Å². The second-order valence-electron chi connectivity index (χ2n) is 7.17. The van der Waals surface area contributed by atoms with E-state index in [2.05, 4.69) is 27.4 Å². The van der Waals surface area contributed by atoms with Gasteiger partial charge in [0.15, 0.2) is 5.96 Å². The number of nitrogens with one attached hydrogen (secondary N) is 2. The molecule has 25 heavy (non-hydrogen) atoms. The quantitative estimate of drug-likeness (QED) is 0.289. The molecule has 2 aliphatic heterocycles. The molecule has 1 aliphatic carbocycles. The standard InChI is InChI=1S/C17H29N5O2.HI/c1-2-18-15(19-9-11-22-14(23)12-20-16(22)24)21-10-8-17(13-21)6-4-3-5-7-17;/h2-13H2,1H3,(H,18,19)(H,20,24);1H. The number of urea groups is 1. The van der Waals surface area contributed by atoms with Gasteiger partial charge in [-0.2, -0.15) is 0 Å². The monoisotopic (exact) mass is 463 g/mol. The third kappa shape index (κ3) is 4.77. The SMILES string of the molecule is CCNC(=NCCN1C(=O)CNC1=O)N1CCC2(CCCCC2)C1.I. The number of amides is 3. The van der Waals surface area contributed by atoms with Crippen LogP contribution in [0.15, 0.2) is 4.99 Å². The zero-order valence-corrected chi connectivity index (χ0v) is 17.4. The molecular formula is C17H30IN5O2. The molecule has 7 nitrogen and oxygen atoms in total. The topological polar surface area (TPSA) is 77.0 Å². The number of carbonyl (C=O) groups excluding carboxylic acids is 2. The van der Waals surface area contributed by atoms with Crippen molar-refractivity contribution in [2.75, 3.05) is 39.3 Å². The van der Waals surface area contributed by atoms with Gasteiger partial charge in [0.2, 0.25) is 5.91 Å². The van der Waals surface area contributed by atoms with E-state index >= 15 is 0 Å². The van der Waals surface area contributed by atoms with Gasteiger partial charge in [0.1, 0.15) is 0 Å². The predicted octanol–water partition coefficient (Wildman–Crippen LogP) is 1.78. The van der Waals surface area contributed by atoms with E-state index < -0.39 is 0 Å². The lowest BCUT2D eigenvalue weighted by Crippen LogP contribution is -2.42. The molecule has 0 aromatic carbocycles. The predicted molar refractivity (Wildman–Crippen MR) is 108 cm³/mol. The van der Waals surface area contributed by atoms with Gasteiger partial charge in [0.25, 0.3) is 0 Å². The number of nitrogens with zero attached hydrogens (tertiary/aromatic N) is 3. The number of carbonyl (C=O) groups is 2. The molecule has 1 saturated carbocycles. The molecule has 2 N–H and O–H groups in total. The van der Waals surface area contributed by atoms with Gasteiger partial charge in [-0.1, -0.05) is 19.3 Å². The van der Waals surface area contributed by atoms with Gasteiger partial charge < -0.3 is 15.5 Å². The fourth-order valence-electron chi connectivity index (χ4n) is 4.19. The van der Waals surface area contributed by atoms with Gasteiger partial charge in [-0.15, -0.1) is 24.0 Å². The first-order valence-electron chi connectivity index (χ1n) is 9.25. The van der Waals surface area contributed by atoms with Crippen LogP contribution in [0.5, 0.6) is 0 Å². The van der Waals surface area contributed by atoms with Crippen LogP contribution in [0.4, 0.5) is 4.79 Å². The van der Waals surface area contributed by atoms with E-state index in [1.54, 1.807) is 0 Å². The maximum absolute atomic E-state index is 11.6. The van der Waals surface area contributed by atoms with Crippen molar-refractivity contribution in [1.82, 2.24) is 20.4 Å². The van der Waals surface area contributed by atoms with E-state index in [0.29, 0.717) is 18.5 Å². The van der Waals surface area contributed by atoms with Crippen molar-refractivity contribution >= 4 is 41.9 Å². The van der Waals surface area contributed by atoms with E-state index in [1.807, 2.05) is 0 Å². The molecule has 8 heteroatoms. The molecule has 2 saturated heterocycles. The summed E-state index contributed by atoms with van der Waals surface area (Å²) in [7, 11) is 0. The first-order valence-corrected chi connectivity index (χ1v) is 9.25. The average Bonchev–Trinajstić information content (AvgIpc) is 3.13. The number of imide groups is 1. The third-order valence-electron chi connectivity index (χ3n) is 5.51. The van der Waals surface area contributed by atoms with Crippen LogP contribution in [0.1, 0.15) is 45.4 Å². The number of aliphatic imine (C=N–C) groups is 1. The molecule has 3 amide bonds. The molecule has 0 unspecified atom stereocenters. The molecule has 3 rings (SSSR count). The molecule has 0 radical (unpaired) electrons. The maximum atomic E-state index is 11.6. The van der Waals surface area contributed by atoms with Gasteiger partial charge >= 0.3 is 6.03 Å². The number of rotatable bonds is 4. The Balaban J connectivity index is 0.00000225. The van der Waals surface area contributed by atoms with Gasteiger partial charge in [0.05, 0.1) is 19.6 Å². The van der Waals surface area contributed by atoms with Crippen LogP contribution < -0.4 is 10.6 Å². The highest BCUT2D eigenvalue weighted by Gasteiger charge is 2.39. The fraction of sp³-hybridized carbons (Fsp3) is 0.824. The molecule has 142 valence electrons. The first-order chi connectivity index (χ1) is 11.6. The van der Waals surface area contributed by atoms with E-state index in [0.717, 1.165) is 25.6 Å². The third-order valence-corrected chi connectivity index (χ3v) is 5.51. The summed E-state index contributed by atoms with van der Waals surface area (Å²) < 4.78 is 0. The van der Waals surface area contributed by atoms with Gasteiger partial charge in [-0.05, 0) is 31.6 Å². The molecule has 1 spiro atoms. The van der Waals surface area contributed by atoms with Crippen molar-refractivity contribution in [2.24, 2.45) is 10.4 Å². The largest absolute Gasteiger partial charge is 0.357 e. The lowest BCUT2D eigenvalue weighted by Gasteiger charge is -2.33. The summed E-state index contributed by atoms with van der Waals surface area (Å²) in [4.78, 5) is 31.5. The van der Waals surface area contributed by atoms with Crippen molar-refractivity contribution in [2.45, 2.75) is 45.4 Å². The molecule has 0 aromatic heterocycles. The number of halogens is 1. The highest BCUT2D eigenvalue weighted by molar-refractivity contribution is 14.0. The summed E-state index contributed by atoms with van der Waals surface area (Å²) in [6.07, 6.45) is 8.02. The fourth-order valence-corrected chi connectivity index (χ4v) is 4.19. The van der Waals surface area contributed by atoms with Crippen LogP contribution in [0.2, 0.25) is 0 Å². The number of likely N-dealkylation sites (tertiary alicyclic amines) is 1. The highest BCUT2D eigenvalue weighted by atomic mass is 127. The Morgan fingerprint density at radius 3 is 2.64 bits per heavy atom. The van der Waals surface area contributed by atoms with Crippen LogP contribution in [0.25, 0.3) is 0 Å². The van der Waals surface area contributed by atoms with Crippen LogP contribution in [0, 0.1) is 5.41 Å². The summed E-state index contributed by atoms with van der Waals surface area (Å²) in [5.41, 5.74) is 0.485. The zero-order chi connectivity index (χ0) is 17.0. The summed E-state index contributed by atoms with van der Waals surface area (Å²) in [5, 5.41) is 5.91. The van der Waals surface area contributed by atoms with Crippen LogP contribution >= 0.6 is 24.0 Å². The Kier molecular flexibility index (Phi) is 7.33. The Morgan fingerprint density at radius 1 is 1.24 bits per heavy atom. The van der Waals surface area contributed by atoms with Crippen LogP contribution in [0.3, 0.4) is 0 Å². The second-order valence-corrected chi connectivity index (χ2v) is 7.17. The van der Waals surface area contributed by atoms with Crippen molar-refractivity contribution in [3.8, 4) is 0 Å². The van der Waals surface area contributed by atoms with Gasteiger partial charge in [-0.25, -0.2) is 4.79 Å². The van der Waals surface area contributed by atoms with E-state index in [-0.39, 0.29) is 42.5 Å². The normalized spacial score (nSPS) is 23.0. The molecule has 0 bridgehead atoms. The number of guanidine groups is 1. The number of hydrogen-bond acceptors (Lipinski definition) is 3. The molecule has 3 fully saturated rings. The summed E-state index contributed by atoms with van der Waals surface area (Å²) in [6, 6.07) is -0.303. The summed E-state index contributed by atoms with van der Waals surface area (Å²) in [5.74, 6) is 0.759. The van der Waals surface area contributed by atoms with Crippen molar-refractivity contribution < 1.29 is 9.59 Å². The lowest BCUT2D eigenvalue weighted by molar-refractivity contribution is -0.124. The Morgan fingerprint density at radius 2 is 2.00 bits per heavy atom. The Bertz CT molecular complexity index is 503. The average molecular weight is 463 g/mol.